The SMILES string of the molecule is COc1cc2nccc(Oc3ccc(NC(=S)NC(=O)c4cc(C)ccc4C)cc3)c2cc1OC. The third-order valence-electron chi connectivity index (χ3n) is 5.41. The number of hydrogen-bond donors (Lipinski definition) is 2. The van der Waals surface area contributed by atoms with Crippen LogP contribution in [-0.4, -0.2) is 30.2 Å². The number of ether oxygens (including phenoxy) is 3. The topological polar surface area (TPSA) is 81.7 Å². The van der Waals surface area contributed by atoms with Crippen molar-refractivity contribution < 1.29 is 19.0 Å². The minimum Gasteiger partial charge on any atom is -0.493 e. The van der Waals surface area contributed by atoms with E-state index < -0.39 is 0 Å². The normalized spacial score (nSPS) is 10.5. The van der Waals surface area contributed by atoms with Crippen molar-refractivity contribution in [1.82, 2.24) is 10.3 Å². The highest BCUT2D eigenvalue weighted by Gasteiger charge is 2.13. The number of benzene rings is 3. The van der Waals surface area contributed by atoms with Crippen molar-refractivity contribution in [3.05, 3.63) is 83.6 Å². The molecule has 1 aromatic heterocycles. The molecular formula is C27H25N3O4S. The second kappa shape index (κ2) is 10.4. The summed E-state index contributed by atoms with van der Waals surface area (Å²) in [5.41, 5.74) is 3.93. The molecule has 2 N–H and O–H groups in total. The van der Waals surface area contributed by atoms with Crippen molar-refractivity contribution in [3.63, 3.8) is 0 Å². The fourth-order valence-corrected chi connectivity index (χ4v) is 3.79. The van der Waals surface area contributed by atoms with Gasteiger partial charge in [0.25, 0.3) is 5.91 Å². The molecule has 1 amide bonds. The number of carbonyl (C=O) groups excluding carboxylic acids is 1. The summed E-state index contributed by atoms with van der Waals surface area (Å²) in [6.07, 6.45) is 1.68. The fraction of sp³-hybridized carbons (Fsp3) is 0.148. The second-order valence-electron chi connectivity index (χ2n) is 7.89. The quantitative estimate of drug-likeness (QED) is 0.333. The van der Waals surface area contributed by atoms with E-state index >= 15 is 0 Å². The van der Waals surface area contributed by atoms with Crippen LogP contribution >= 0.6 is 12.2 Å². The number of aryl methyl sites for hydroxylation is 2. The lowest BCUT2D eigenvalue weighted by Crippen LogP contribution is -2.34. The van der Waals surface area contributed by atoms with E-state index in [0.29, 0.717) is 28.6 Å². The molecular weight excluding hydrogens is 462 g/mol. The summed E-state index contributed by atoms with van der Waals surface area (Å²) in [6.45, 7) is 3.83. The molecule has 178 valence electrons. The summed E-state index contributed by atoms with van der Waals surface area (Å²) in [5.74, 6) is 2.20. The zero-order valence-corrected chi connectivity index (χ0v) is 20.7. The molecule has 0 fully saturated rings. The summed E-state index contributed by atoms with van der Waals surface area (Å²) in [4.78, 5) is 17.0. The van der Waals surface area contributed by atoms with Gasteiger partial charge in [-0.1, -0.05) is 17.7 Å². The van der Waals surface area contributed by atoms with Gasteiger partial charge >= 0.3 is 0 Å². The number of nitrogens with one attached hydrogen (secondary N) is 2. The molecule has 8 heteroatoms. The number of pyridine rings is 1. The molecule has 1 heterocycles. The number of amides is 1. The van der Waals surface area contributed by atoms with Gasteiger partial charge in [0, 0.05) is 28.9 Å². The standard InChI is InChI=1S/C27H25N3O4S/c1-16-5-6-17(2)20(13-16)26(31)30-27(35)29-18-7-9-19(10-8-18)34-23-11-12-28-22-15-25(33-4)24(32-3)14-21(22)23/h5-15H,1-4H3,(H2,29,30,31,35). The Hall–Kier alpha value is -4.17. The van der Waals surface area contributed by atoms with Crippen molar-refractivity contribution >= 4 is 39.8 Å². The Balaban J connectivity index is 1.45. The zero-order chi connectivity index (χ0) is 24.9. The van der Waals surface area contributed by atoms with E-state index in [-0.39, 0.29) is 11.0 Å². The number of rotatable bonds is 6. The Bertz CT molecular complexity index is 1400. The van der Waals surface area contributed by atoms with Crippen LogP contribution in [0.15, 0.2) is 66.9 Å². The molecule has 0 spiro atoms. The molecule has 0 radical (unpaired) electrons. The van der Waals surface area contributed by atoms with Crippen LogP contribution in [0.2, 0.25) is 0 Å². The fourth-order valence-electron chi connectivity index (χ4n) is 3.58. The van der Waals surface area contributed by atoms with Gasteiger partial charge in [-0.05, 0) is 74.1 Å². The van der Waals surface area contributed by atoms with E-state index in [2.05, 4.69) is 15.6 Å². The maximum atomic E-state index is 12.6. The first-order chi connectivity index (χ1) is 16.9. The van der Waals surface area contributed by atoms with E-state index in [4.69, 9.17) is 26.4 Å². The third kappa shape index (κ3) is 5.50. The molecule has 0 atom stereocenters. The molecule has 35 heavy (non-hydrogen) atoms. The van der Waals surface area contributed by atoms with E-state index in [1.54, 1.807) is 26.5 Å². The summed E-state index contributed by atoms with van der Waals surface area (Å²) in [7, 11) is 3.17. The number of hydrogen-bond acceptors (Lipinski definition) is 6. The lowest BCUT2D eigenvalue weighted by molar-refractivity contribution is 0.0977. The Labute approximate surface area is 209 Å². The lowest BCUT2D eigenvalue weighted by atomic mass is 10.1. The minimum atomic E-state index is -0.250. The maximum Gasteiger partial charge on any atom is 0.257 e. The minimum absolute atomic E-state index is 0.214. The average molecular weight is 488 g/mol. The van der Waals surface area contributed by atoms with Gasteiger partial charge in [-0.3, -0.25) is 15.1 Å². The second-order valence-corrected chi connectivity index (χ2v) is 8.29. The van der Waals surface area contributed by atoms with Gasteiger partial charge in [0.2, 0.25) is 0 Å². The van der Waals surface area contributed by atoms with E-state index in [0.717, 1.165) is 27.7 Å². The zero-order valence-electron chi connectivity index (χ0n) is 19.8. The third-order valence-corrected chi connectivity index (χ3v) is 5.62. The van der Waals surface area contributed by atoms with Crippen LogP contribution < -0.4 is 24.8 Å². The Morgan fingerprint density at radius 2 is 1.60 bits per heavy atom. The molecule has 0 aliphatic carbocycles. The highest BCUT2D eigenvalue weighted by molar-refractivity contribution is 7.80. The smallest absolute Gasteiger partial charge is 0.257 e. The highest BCUT2D eigenvalue weighted by atomic mass is 32.1. The van der Waals surface area contributed by atoms with Crippen LogP contribution in [0.3, 0.4) is 0 Å². The molecule has 0 saturated carbocycles. The largest absolute Gasteiger partial charge is 0.493 e. The number of thiocarbonyl (C=S) groups is 1. The summed E-state index contributed by atoms with van der Waals surface area (Å²) in [5, 5.41) is 6.76. The molecule has 7 nitrogen and oxygen atoms in total. The molecule has 4 aromatic rings. The first kappa shape index (κ1) is 24.0. The summed E-state index contributed by atoms with van der Waals surface area (Å²) in [6, 6.07) is 18.4. The number of aromatic nitrogens is 1. The van der Waals surface area contributed by atoms with Crippen LogP contribution in [0, 0.1) is 13.8 Å². The van der Waals surface area contributed by atoms with Crippen LogP contribution in [0.1, 0.15) is 21.5 Å². The van der Waals surface area contributed by atoms with Crippen LogP contribution in [0.25, 0.3) is 10.9 Å². The number of methoxy groups -OCH3 is 2. The van der Waals surface area contributed by atoms with Crippen LogP contribution in [0.4, 0.5) is 5.69 Å². The monoisotopic (exact) mass is 487 g/mol. The van der Waals surface area contributed by atoms with Gasteiger partial charge < -0.3 is 19.5 Å². The van der Waals surface area contributed by atoms with Crippen molar-refractivity contribution in [2.24, 2.45) is 0 Å². The number of nitrogens with zero attached hydrogens (tertiary/aromatic N) is 1. The molecule has 0 saturated heterocycles. The molecule has 0 aliphatic heterocycles. The van der Waals surface area contributed by atoms with Gasteiger partial charge in [-0.2, -0.15) is 0 Å². The molecule has 0 aliphatic rings. The van der Waals surface area contributed by atoms with E-state index in [1.807, 2.05) is 68.4 Å². The van der Waals surface area contributed by atoms with Crippen molar-refractivity contribution in [3.8, 4) is 23.0 Å². The predicted molar refractivity (Wildman–Crippen MR) is 141 cm³/mol. The van der Waals surface area contributed by atoms with Gasteiger partial charge in [-0.15, -0.1) is 0 Å². The van der Waals surface area contributed by atoms with Crippen LogP contribution in [-0.2, 0) is 0 Å². The lowest BCUT2D eigenvalue weighted by Gasteiger charge is -2.13. The van der Waals surface area contributed by atoms with Crippen molar-refractivity contribution in [2.75, 3.05) is 19.5 Å². The number of carbonyl (C=O) groups is 1. The van der Waals surface area contributed by atoms with E-state index in [1.165, 1.54) is 0 Å². The van der Waals surface area contributed by atoms with Crippen molar-refractivity contribution in [2.45, 2.75) is 13.8 Å². The molecule has 0 unspecified atom stereocenters. The van der Waals surface area contributed by atoms with Gasteiger partial charge in [0.15, 0.2) is 16.6 Å². The summed E-state index contributed by atoms with van der Waals surface area (Å²) >= 11 is 5.32. The van der Waals surface area contributed by atoms with E-state index in [9.17, 15) is 4.79 Å². The molecule has 3 aromatic carbocycles. The van der Waals surface area contributed by atoms with Crippen LogP contribution in [0.5, 0.6) is 23.0 Å². The number of anilines is 1. The molecule has 0 bridgehead atoms. The van der Waals surface area contributed by atoms with Gasteiger partial charge in [0.05, 0.1) is 19.7 Å². The number of fused-ring (bicyclic) bond motifs is 1. The Kier molecular flexibility index (Phi) is 7.12. The Morgan fingerprint density at radius 3 is 2.31 bits per heavy atom. The summed E-state index contributed by atoms with van der Waals surface area (Å²) < 4.78 is 16.9. The Morgan fingerprint density at radius 1 is 0.886 bits per heavy atom. The highest BCUT2D eigenvalue weighted by Crippen LogP contribution is 2.37. The van der Waals surface area contributed by atoms with Gasteiger partial charge in [-0.25, -0.2) is 0 Å². The maximum absolute atomic E-state index is 12.6. The first-order valence-corrected chi connectivity index (χ1v) is 11.3. The predicted octanol–water partition coefficient (Wildman–Crippen LogP) is 5.79. The van der Waals surface area contributed by atoms with Crippen molar-refractivity contribution in [1.29, 1.82) is 0 Å². The average Bonchev–Trinajstić information content (AvgIpc) is 2.85. The first-order valence-electron chi connectivity index (χ1n) is 10.9. The van der Waals surface area contributed by atoms with Gasteiger partial charge in [0.1, 0.15) is 11.5 Å². The molecule has 4 rings (SSSR count).